The van der Waals surface area contributed by atoms with Crippen LogP contribution < -0.4 is 10.6 Å². The molecule has 2 rings (SSSR count). The van der Waals surface area contributed by atoms with Crippen LogP contribution in [0.2, 0.25) is 0 Å². The molecule has 0 saturated carbocycles. The van der Waals surface area contributed by atoms with Gasteiger partial charge in [-0.2, -0.15) is 0 Å². The number of nitrogens with two attached hydrogens (primary N) is 1. The first kappa shape index (κ1) is 16.5. The summed E-state index contributed by atoms with van der Waals surface area (Å²) in [6.07, 6.45) is 0. The van der Waals surface area contributed by atoms with Gasteiger partial charge in [-0.05, 0) is 36.4 Å². The zero-order valence-electron chi connectivity index (χ0n) is 11.3. The van der Waals surface area contributed by atoms with Crippen LogP contribution in [-0.4, -0.2) is 22.2 Å². The molecule has 0 aromatic heterocycles. The third kappa shape index (κ3) is 5.24. The minimum atomic E-state index is -1.02. The van der Waals surface area contributed by atoms with Crippen molar-refractivity contribution in [2.45, 2.75) is 0 Å². The summed E-state index contributed by atoms with van der Waals surface area (Å²) in [5.41, 5.74) is 13.0. The van der Waals surface area contributed by atoms with Crippen molar-refractivity contribution < 1.29 is 19.8 Å². The topological polar surface area (TPSA) is 151 Å². The SMILES string of the molecule is N=[N+]=Nc1cccc(C(=O)O)c1.Nc1cccc(C(=O)O)c1. The predicted molar refractivity (Wildman–Crippen MR) is 78.2 cm³/mol. The smallest absolute Gasteiger partial charge is 0.335 e. The van der Waals surface area contributed by atoms with E-state index in [0.29, 0.717) is 11.4 Å². The highest BCUT2D eigenvalue weighted by Crippen LogP contribution is 2.12. The summed E-state index contributed by atoms with van der Waals surface area (Å²) in [5, 5.41) is 20.4. The van der Waals surface area contributed by atoms with Gasteiger partial charge in [-0.15, -0.1) is 0 Å². The van der Waals surface area contributed by atoms with E-state index in [1.54, 1.807) is 24.3 Å². The molecule has 112 valence electrons. The Labute approximate surface area is 125 Å². The van der Waals surface area contributed by atoms with Gasteiger partial charge in [0.05, 0.1) is 11.1 Å². The number of hydrogen-bond donors (Lipinski definition) is 4. The van der Waals surface area contributed by atoms with Crippen molar-refractivity contribution in [1.29, 1.82) is 5.53 Å². The fourth-order valence-corrected chi connectivity index (χ4v) is 1.43. The quantitative estimate of drug-likeness (QED) is 0.390. The number of nitrogens with zero attached hydrogens (tertiary/aromatic N) is 2. The second kappa shape index (κ2) is 7.93. The Morgan fingerprint density at radius 2 is 1.55 bits per heavy atom. The molecular weight excluding hydrogens is 288 g/mol. The van der Waals surface area contributed by atoms with Crippen LogP contribution in [0.1, 0.15) is 20.7 Å². The molecule has 0 saturated heterocycles. The van der Waals surface area contributed by atoms with Crippen LogP contribution in [0.3, 0.4) is 0 Å². The molecule has 8 nitrogen and oxygen atoms in total. The Balaban J connectivity index is 0.000000224. The largest absolute Gasteiger partial charge is 0.478 e. The van der Waals surface area contributed by atoms with Crippen molar-refractivity contribution in [3.05, 3.63) is 59.7 Å². The van der Waals surface area contributed by atoms with Gasteiger partial charge in [-0.1, -0.05) is 12.1 Å². The van der Waals surface area contributed by atoms with E-state index in [4.69, 9.17) is 21.5 Å². The standard InChI is InChI=1S/C7H5N3O2.C7H7NO2/c8-10-9-6-3-1-2-5(4-6)7(11)12;8-6-3-1-2-5(4-6)7(9)10/h1-4,8H;1-4H,8H2,(H,9,10)/p+1. The van der Waals surface area contributed by atoms with E-state index < -0.39 is 11.9 Å². The van der Waals surface area contributed by atoms with E-state index in [1.165, 1.54) is 24.3 Å². The molecule has 22 heavy (non-hydrogen) atoms. The maximum atomic E-state index is 10.4. The zero-order chi connectivity index (χ0) is 16.5. The Bertz CT molecular complexity index is 722. The van der Waals surface area contributed by atoms with Gasteiger partial charge >= 0.3 is 11.9 Å². The number of hydrogen-bond acceptors (Lipinski definition) is 5. The van der Waals surface area contributed by atoms with E-state index in [9.17, 15) is 9.59 Å². The fraction of sp³-hybridized carbons (Fsp3) is 0. The molecular formula is C14H13N4O4+. The lowest BCUT2D eigenvalue weighted by atomic mass is 10.2. The van der Waals surface area contributed by atoms with Gasteiger partial charge in [0.15, 0.2) is 10.8 Å². The van der Waals surface area contributed by atoms with Crippen molar-refractivity contribution >= 4 is 23.3 Å². The van der Waals surface area contributed by atoms with E-state index in [-0.39, 0.29) is 11.1 Å². The summed E-state index contributed by atoms with van der Waals surface area (Å²) in [6, 6.07) is 12.1. The molecule has 0 bridgehead atoms. The number of carboxylic acid groups (broad SMARTS) is 2. The number of carboxylic acids is 2. The van der Waals surface area contributed by atoms with Crippen molar-refractivity contribution in [3.63, 3.8) is 0 Å². The minimum absolute atomic E-state index is 0.139. The van der Waals surface area contributed by atoms with Crippen molar-refractivity contribution in [2.24, 2.45) is 5.11 Å². The van der Waals surface area contributed by atoms with E-state index in [0.717, 1.165) is 0 Å². The summed E-state index contributed by atoms with van der Waals surface area (Å²) in [7, 11) is 0. The zero-order valence-corrected chi connectivity index (χ0v) is 11.3. The lowest BCUT2D eigenvalue weighted by molar-refractivity contribution is 0.0686. The van der Waals surface area contributed by atoms with E-state index in [2.05, 4.69) is 10.0 Å². The predicted octanol–water partition coefficient (Wildman–Crippen LogP) is 2.53. The summed E-state index contributed by atoms with van der Waals surface area (Å²) in [6.45, 7) is 0. The molecule has 0 amide bonds. The van der Waals surface area contributed by atoms with Crippen LogP contribution in [-0.2, 0) is 0 Å². The van der Waals surface area contributed by atoms with Gasteiger partial charge in [0.25, 0.3) is 0 Å². The average Bonchev–Trinajstić information content (AvgIpc) is 2.48. The Kier molecular flexibility index (Phi) is 5.96. The highest BCUT2D eigenvalue weighted by Gasteiger charge is 2.04. The highest BCUT2D eigenvalue weighted by molar-refractivity contribution is 5.89. The normalized spacial score (nSPS) is 8.91. The summed E-state index contributed by atoms with van der Waals surface area (Å²) < 4.78 is 0. The van der Waals surface area contributed by atoms with Gasteiger partial charge in [-0.25, -0.2) is 9.59 Å². The fourth-order valence-electron chi connectivity index (χ4n) is 1.43. The van der Waals surface area contributed by atoms with Crippen LogP contribution in [0, 0.1) is 5.53 Å². The molecule has 0 unspecified atom stereocenters. The first-order valence-electron chi connectivity index (χ1n) is 5.93. The lowest BCUT2D eigenvalue weighted by Gasteiger charge is -1.93. The monoisotopic (exact) mass is 301 g/mol. The number of nitrogens with one attached hydrogen (secondary N) is 1. The van der Waals surface area contributed by atoms with Gasteiger partial charge in [-0.3, -0.25) is 0 Å². The molecule has 8 heteroatoms. The number of benzene rings is 2. The number of carbonyl (C=O) groups is 2. The molecule has 0 radical (unpaired) electrons. The van der Waals surface area contributed by atoms with Crippen molar-refractivity contribution in [2.75, 3.05) is 5.73 Å². The number of aromatic carboxylic acids is 2. The highest BCUT2D eigenvalue weighted by atomic mass is 16.4. The van der Waals surface area contributed by atoms with Crippen molar-refractivity contribution in [1.82, 2.24) is 4.91 Å². The van der Waals surface area contributed by atoms with Crippen molar-refractivity contribution in [3.8, 4) is 0 Å². The molecule has 0 aliphatic rings. The number of rotatable bonds is 3. The van der Waals surface area contributed by atoms with E-state index in [1.807, 2.05) is 0 Å². The molecule has 2 aromatic carbocycles. The Morgan fingerprint density at radius 1 is 1.00 bits per heavy atom. The van der Waals surface area contributed by atoms with E-state index >= 15 is 0 Å². The second-order valence-electron chi connectivity index (χ2n) is 3.99. The molecule has 0 spiro atoms. The molecule has 2 aromatic rings. The first-order valence-corrected chi connectivity index (χ1v) is 5.93. The van der Waals surface area contributed by atoms with Crippen LogP contribution in [0.25, 0.3) is 0 Å². The van der Waals surface area contributed by atoms with Gasteiger partial charge in [0.2, 0.25) is 4.91 Å². The molecule has 0 fully saturated rings. The Morgan fingerprint density at radius 3 is 2.00 bits per heavy atom. The van der Waals surface area contributed by atoms with Gasteiger partial charge in [0.1, 0.15) is 5.53 Å². The number of anilines is 1. The number of nitrogen functional groups attached to an aromatic ring is 1. The average molecular weight is 301 g/mol. The lowest BCUT2D eigenvalue weighted by Crippen LogP contribution is -1.96. The minimum Gasteiger partial charge on any atom is -0.478 e. The molecule has 0 aliphatic heterocycles. The maximum absolute atomic E-state index is 10.4. The van der Waals surface area contributed by atoms with Crippen LogP contribution in [0.4, 0.5) is 11.4 Å². The summed E-state index contributed by atoms with van der Waals surface area (Å²) in [4.78, 5) is 23.5. The molecule has 0 atom stereocenters. The third-order valence-electron chi connectivity index (χ3n) is 2.39. The third-order valence-corrected chi connectivity index (χ3v) is 2.39. The van der Waals surface area contributed by atoms with Crippen LogP contribution >= 0.6 is 0 Å². The first-order chi connectivity index (χ1) is 10.4. The van der Waals surface area contributed by atoms with Crippen LogP contribution in [0.15, 0.2) is 53.6 Å². The Hall–Kier alpha value is -3.51. The second-order valence-corrected chi connectivity index (χ2v) is 3.99. The van der Waals surface area contributed by atoms with Gasteiger partial charge in [0, 0.05) is 5.69 Å². The van der Waals surface area contributed by atoms with Crippen LogP contribution in [0.5, 0.6) is 0 Å². The molecule has 0 aliphatic carbocycles. The molecule has 5 N–H and O–H groups in total. The van der Waals surface area contributed by atoms with Gasteiger partial charge < -0.3 is 15.9 Å². The summed E-state index contributed by atoms with van der Waals surface area (Å²) >= 11 is 0. The molecule has 0 heterocycles. The maximum Gasteiger partial charge on any atom is 0.335 e. The summed E-state index contributed by atoms with van der Waals surface area (Å²) in [5.74, 6) is -1.97.